The summed E-state index contributed by atoms with van der Waals surface area (Å²) in [5.41, 5.74) is 1.05. The molecule has 0 bridgehead atoms. The van der Waals surface area contributed by atoms with Gasteiger partial charge in [-0.3, -0.25) is 0 Å². The van der Waals surface area contributed by atoms with Crippen molar-refractivity contribution in [1.82, 2.24) is 15.3 Å². The molecule has 0 aliphatic carbocycles. The lowest BCUT2D eigenvalue weighted by molar-refractivity contribution is 0.446. The Hall–Kier alpha value is -0.870. The Kier molecular flexibility index (Phi) is 5.15. The van der Waals surface area contributed by atoms with Crippen LogP contribution in [0.25, 0.3) is 0 Å². The number of hydrogen-bond donors (Lipinski definition) is 1. The van der Waals surface area contributed by atoms with Gasteiger partial charge in [0.2, 0.25) is 0 Å². The summed E-state index contributed by atoms with van der Waals surface area (Å²) in [7, 11) is 4.04. The van der Waals surface area contributed by atoms with Crippen LogP contribution in [0.4, 0.5) is 5.82 Å². The van der Waals surface area contributed by atoms with Crippen LogP contribution in [0.2, 0.25) is 0 Å². The normalized spacial score (nSPS) is 19.6. The largest absolute Gasteiger partial charge is 0.363 e. The molecule has 96 valence electrons. The Labute approximate surface area is 109 Å². The van der Waals surface area contributed by atoms with Crippen LogP contribution in [0, 0.1) is 6.92 Å². The molecule has 1 atom stereocenters. The van der Waals surface area contributed by atoms with Gasteiger partial charge in [0.25, 0.3) is 0 Å². The molecule has 1 fully saturated rings. The summed E-state index contributed by atoms with van der Waals surface area (Å²) in [6.07, 6.45) is 2.42. The topological polar surface area (TPSA) is 41.1 Å². The van der Waals surface area contributed by atoms with Gasteiger partial charge in [-0.15, -0.1) is 12.4 Å². The van der Waals surface area contributed by atoms with Gasteiger partial charge in [0.05, 0.1) is 0 Å². The van der Waals surface area contributed by atoms with Crippen molar-refractivity contribution in [2.24, 2.45) is 0 Å². The van der Waals surface area contributed by atoms with Gasteiger partial charge in [-0.25, -0.2) is 9.97 Å². The highest BCUT2D eigenvalue weighted by Gasteiger charge is 2.18. The fraction of sp³-hybridized carbons (Fsp3) is 0.667. The van der Waals surface area contributed by atoms with Crippen LogP contribution in [0.15, 0.2) is 6.07 Å². The quantitative estimate of drug-likeness (QED) is 0.875. The lowest BCUT2D eigenvalue weighted by Crippen LogP contribution is -2.29. The van der Waals surface area contributed by atoms with E-state index in [-0.39, 0.29) is 12.4 Å². The predicted octanol–water partition coefficient (Wildman–Crippen LogP) is 1.74. The van der Waals surface area contributed by atoms with Gasteiger partial charge in [-0.2, -0.15) is 0 Å². The number of aryl methyl sites for hydroxylation is 1. The Morgan fingerprint density at radius 2 is 2.12 bits per heavy atom. The summed E-state index contributed by atoms with van der Waals surface area (Å²) in [6, 6.07) is 2.03. The molecule has 4 nitrogen and oxygen atoms in total. The molecule has 1 aliphatic rings. The van der Waals surface area contributed by atoms with Crippen molar-refractivity contribution in [2.75, 3.05) is 32.1 Å². The Bertz CT molecular complexity index is 362. The zero-order chi connectivity index (χ0) is 11.5. The van der Waals surface area contributed by atoms with E-state index in [1.807, 2.05) is 32.0 Å². The first-order valence-electron chi connectivity index (χ1n) is 5.90. The molecule has 0 amide bonds. The predicted molar refractivity (Wildman–Crippen MR) is 73.2 cm³/mol. The second kappa shape index (κ2) is 6.17. The summed E-state index contributed by atoms with van der Waals surface area (Å²) >= 11 is 0. The number of aromatic nitrogens is 2. The molecule has 0 saturated carbocycles. The highest BCUT2D eigenvalue weighted by molar-refractivity contribution is 5.85. The molecule has 1 aromatic heterocycles. The van der Waals surface area contributed by atoms with Gasteiger partial charge < -0.3 is 10.2 Å². The number of nitrogens with zero attached hydrogens (tertiary/aromatic N) is 3. The lowest BCUT2D eigenvalue weighted by atomic mass is 9.99. The van der Waals surface area contributed by atoms with Gasteiger partial charge >= 0.3 is 0 Å². The Morgan fingerprint density at radius 3 is 2.71 bits per heavy atom. The molecule has 1 saturated heterocycles. The molecule has 17 heavy (non-hydrogen) atoms. The summed E-state index contributed by atoms with van der Waals surface area (Å²) in [6.45, 7) is 4.17. The average molecular weight is 257 g/mol. The van der Waals surface area contributed by atoms with Crippen LogP contribution < -0.4 is 10.2 Å². The van der Waals surface area contributed by atoms with Crippen LogP contribution in [0.3, 0.4) is 0 Å². The summed E-state index contributed by atoms with van der Waals surface area (Å²) < 4.78 is 0. The number of anilines is 1. The monoisotopic (exact) mass is 256 g/mol. The molecule has 0 spiro atoms. The summed E-state index contributed by atoms with van der Waals surface area (Å²) in [5.74, 6) is 2.48. The van der Waals surface area contributed by atoms with E-state index in [2.05, 4.69) is 15.3 Å². The molecule has 1 unspecified atom stereocenters. The Morgan fingerprint density at radius 1 is 1.35 bits per heavy atom. The smallest absolute Gasteiger partial charge is 0.135 e. The molecule has 2 heterocycles. The van der Waals surface area contributed by atoms with E-state index in [0.29, 0.717) is 5.92 Å². The number of hydrogen-bond acceptors (Lipinski definition) is 4. The molecule has 1 aliphatic heterocycles. The molecule has 0 aromatic carbocycles. The Balaban J connectivity index is 0.00000144. The van der Waals surface area contributed by atoms with Crippen molar-refractivity contribution in [2.45, 2.75) is 25.7 Å². The van der Waals surface area contributed by atoms with Crippen LogP contribution in [-0.2, 0) is 0 Å². The van der Waals surface area contributed by atoms with Crippen LogP contribution in [0.1, 0.15) is 30.3 Å². The number of halogens is 1. The maximum Gasteiger partial charge on any atom is 0.135 e. The highest BCUT2D eigenvalue weighted by Crippen LogP contribution is 2.22. The summed E-state index contributed by atoms with van der Waals surface area (Å²) in [5, 5.41) is 3.41. The maximum atomic E-state index is 4.63. The fourth-order valence-electron chi connectivity index (χ4n) is 2.06. The molecule has 0 radical (unpaired) electrons. The molecule has 1 N–H and O–H groups in total. The maximum absolute atomic E-state index is 4.63. The van der Waals surface area contributed by atoms with Gasteiger partial charge in [0, 0.05) is 38.3 Å². The third kappa shape index (κ3) is 3.54. The number of nitrogens with one attached hydrogen (secondary N) is 1. The highest BCUT2D eigenvalue weighted by atomic mass is 35.5. The third-order valence-electron chi connectivity index (χ3n) is 2.98. The zero-order valence-corrected chi connectivity index (χ0v) is 11.5. The van der Waals surface area contributed by atoms with Crippen LogP contribution in [-0.4, -0.2) is 37.2 Å². The minimum atomic E-state index is 0. The SMILES string of the molecule is Cc1cc(N(C)C)nc(C2CCCNC2)n1.Cl. The van der Waals surface area contributed by atoms with E-state index < -0.39 is 0 Å². The molecule has 1 aromatic rings. The van der Waals surface area contributed by atoms with E-state index >= 15 is 0 Å². The van der Waals surface area contributed by atoms with Crippen molar-refractivity contribution >= 4 is 18.2 Å². The van der Waals surface area contributed by atoms with Crippen molar-refractivity contribution in [1.29, 1.82) is 0 Å². The van der Waals surface area contributed by atoms with Crippen molar-refractivity contribution < 1.29 is 0 Å². The molecular weight excluding hydrogens is 236 g/mol. The van der Waals surface area contributed by atoms with E-state index in [1.165, 1.54) is 12.8 Å². The minimum Gasteiger partial charge on any atom is -0.363 e. The standard InChI is InChI=1S/C12H20N4.ClH/c1-9-7-11(16(2)3)15-12(14-9)10-5-4-6-13-8-10;/h7,10,13H,4-6,8H2,1-3H3;1H. The number of piperidine rings is 1. The first-order valence-corrected chi connectivity index (χ1v) is 5.90. The first-order chi connectivity index (χ1) is 7.66. The van der Waals surface area contributed by atoms with Gasteiger partial charge in [0.15, 0.2) is 0 Å². The van der Waals surface area contributed by atoms with Crippen molar-refractivity contribution in [3.63, 3.8) is 0 Å². The van der Waals surface area contributed by atoms with Gasteiger partial charge in [0.1, 0.15) is 11.6 Å². The van der Waals surface area contributed by atoms with E-state index in [9.17, 15) is 0 Å². The van der Waals surface area contributed by atoms with E-state index in [4.69, 9.17) is 0 Å². The fourth-order valence-corrected chi connectivity index (χ4v) is 2.06. The van der Waals surface area contributed by atoms with E-state index in [0.717, 1.165) is 30.4 Å². The first kappa shape index (κ1) is 14.2. The lowest BCUT2D eigenvalue weighted by Gasteiger charge is -2.23. The van der Waals surface area contributed by atoms with Crippen molar-refractivity contribution in [3.05, 3.63) is 17.6 Å². The third-order valence-corrected chi connectivity index (χ3v) is 2.98. The van der Waals surface area contributed by atoms with Crippen LogP contribution >= 0.6 is 12.4 Å². The van der Waals surface area contributed by atoms with Crippen molar-refractivity contribution in [3.8, 4) is 0 Å². The minimum absolute atomic E-state index is 0. The second-order valence-electron chi connectivity index (χ2n) is 4.66. The average Bonchev–Trinajstić information content (AvgIpc) is 2.29. The molecule has 2 rings (SSSR count). The van der Waals surface area contributed by atoms with Crippen LogP contribution in [0.5, 0.6) is 0 Å². The van der Waals surface area contributed by atoms with Gasteiger partial charge in [-0.05, 0) is 26.3 Å². The summed E-state index contributed by atoms with van der Waals surface area (Å²) in [4.78, 5) is 11.2. The van der Waals surface area contributed by atoms with Gasteiger partial charge in [-0.1, -0.05) is 0 Å². The molecule has 5 heteroatoms. The number of rotatable bonds is 2. The zero-order valence-electron chi connectivity index (χ0n) is 10.7. The van der Waals surface area contributed by atoms with E-state index in [1.54, 1.807) is 0 Å². The second-order valence-corrected chi connectivity index (χ2v) is 4.66. The molecular formula is C12H21ClN4.